The lowest BCUT2D eigenvalue weighted by Gasteiger charge is -2.14. The molecule has 1 aliphatic rings. The monoisotopic (exact) mass is 958 g/mol. The van der Waals surface area contributed by atoms with Gasteiger partial charge >= 0.3 is 0 Å². The highest BCUT2D eigenvalue weighted by atomic mass is 16.3. The summed E-state index contributed by atoms with van der Waals surface area (Å²) < 4.78 is 11.5. The average molecular weight is 959 g/mol. The molecule has 0 saturated carbocycles. The summed E-state index contributed by atoms with van der Waals surface area (Å²) in [6.45, 7) is 0. The molecule has 0 amide bonds. The van der Waals surface area contributed by atoms with Crippen LogP contribution < -0.4 is 0 Å². The molecule has 0 fully saturated rings. The lowest BCUT2D eigenvalue weighted by Crippen LogP contribution is -2.09. The summed E-state index contributed by atoms with van der Waals surface area (Å²) in [6, 6.07) is 89.4. The minimum atomic E-state index is 0.696. The second-order valence-electron chi connectivity index (χ2n) is 19.6. The topological polar surface area (TPSA) is 47.7 Å². The first-order chi connectivity index (χ1) is 37.2. The van der Waals surface area contributed by atoms with Gasteiger partial charge in [-0.1, -0.05) is 170 Å². The number of aromatic nitrogens is 2. The molecule has 5 nitrogen and oxygen atoms in total. The van der Waals surface area contributed by atoms with E-state index in [1.807, 2.05) is 24.3 Å². The standard InChI is InChI=1S/C70H46N4O/c1-5-18-46(19-6-1)60-28-16-29-61(72-70(71-60)47-20-7-2-8-21-47)55-27-15-30-67-69(55)59-44-51(35-40-66(59)75-67)49-33-37-63-57(42-49)56-41-48(32-36-62(56)73(63)52-22-9-3-10-23-52)50-34-38-64-58(43-50)68-54-26-14-13-17-45(54)31-39-65(68)74(64)53-24-11-4-12-25-53/h1-15,17-27,29-44H,16,28H2. The summed E-state index contributed by atoms with van der Waals surface area (Å²) >= 11 is 0. The van der Waals surface area contributed by atoms with E-state index in [1.54, 1.807) is 0 Å². The fourth-order valence-corrected chi connectivity index (χ4v) is 11.7. The van der Waals surface area contributed by atoms with Crippen molar-refractivity contribution in [2.45, 2.75) is 12.8 Å². The Bertz CT molecular complexity index is 4670. The Hall–Kier alpha value is -9.84. The molecule has 0 saturated heterocycles. The van der Waals surface area contributed by atoms with Gasteiger partial charge in [0, 0.05) is 54.8 Å². The Balaban J connectivity index is 0.884. The van der Waals surface area contributed by atoms with Gasteiger partial charge in [-0.25, -0.2) is 9.98 Å². The van der Waals surface area contributed by atoms with Crippen LogP contribution >= 0.6 is 0 Å². The minimum absolute atomic E-state index is 0.696. The van der Waals surface area contributed by atoms with Crippen molar-refractivity contribution in [2.24, 2.45) is 9.98 Å². The number of rotatable bonds is 7. The van der Waals surface area contributed by atoms with E-state index in [0.717, 1.165) is 96.4 Å². The van der Waals surface area contributed by atoms with Gasteiger partial charge in [-0.3, -0.25) is 0 Å². The third kappa shape index (κ3) is 7.15. The Labute approximate surface area is 432 Å². The first-order valence-corrected chi connectivity index (χ1v) is 25.8. The molecule has 0 aliphatic carbocycles. The smallest absolute Gasteiger partial charge is 0.160 e. The van der Waals surface area contributed by atoms with Gasteiger partial charge in [0.2, 0.25) is 0 Å². The molecule has 75 heavy (non-hydrogen) atoms. The van der Waals surface area contributed by atoms with Crippen LogP contribution in [0.5, 0.6) is 0 Å². The zero-order valence-electron chi connectivity index (χ0n) is 40.9. The number of hydrogen-bond acceptors (Lipinski definition) is 3. The zero-order chi connectivity index (χ0) is 49.4. The van der Waals surface area contributed by atoms with Gasteiger partial charge in [0.15, 0.2) is 5.84 Å². The highest BCUT2D eigenvalue weighted by molar-refractivity contribution is 6.22. The molecule has 0 spiro atoms. The van der Waals surface area contributed by atoms with Crippen molar-refractivity contribution in [3.05, 3.63) is 271 Å². The number of furan rings is 1. The maximum atomic E-state index is 6.64. The van der Waals surface area contributed by atoms with Crippen LogP contribution in [0.3, 0.4) is 0 Å². The maximum absolute atomic E-state index is 6.64. The summed E-state index contributed by atoms with van der Waals surface area (Å²) in [6.07, 6.45) is 3.86. The quantitative estimate of drug-likeness (QED) is 0.157. The normalized spacial score (nSPS) is 13.2. The molecule has 0 bridgehead atoms. The van der Waals surface area contributed by atoms with Crippen LogP contribution in [-0.4, -0.2) is 20.7 Å². The Morgan fingerprint density at radius 3 is 1.55 bits per heavy atom. The fourth-order valence-electron chi connectivity index (χ4n) is 11.7. The van der Waals surface area contributed by atoms with E-state index in [1.165, 1.54) is 54.5 Å². The van der Waals surface area contributed by atoms with Crippen molar-refractivity contribution in [2.75, 3.05) is 0 Å². The van der Waals surface area contributed by atoms with Crippen LogP contribution in [-0.2, 0) is 0 Å². The number of fused-ring (bicyclic) bond motifs is 11. The number of aliphatic imine (C=N–C) groups is 2. The van der Waals surface area contributed by atoms with Gasteiger partial charge in [-0.05, 0) is 136 Å². The van der Waals surface area contributed by atoms with E-state index in [0.29, 0.717) is 5.84 Å². The van der Waals surface area contributed by atoms with E-state index < -0.39 is 0 Å². The van der Waals surface area contributed by atoms with Crippen LogP contribution in [0.4, 0.5) is 0 Å². The molecule has 0 radical (unpaired) electrons. The van der Waals surface area contributed by atoms with Crippen LogP contribution in [0.1, 0.15) is 29.5 Å². The van der Waals surface area contributed by atoms with Crippen molar-refractivity contribution in [3.63, 3.8) is 0 Å². The second-order valence-corrected chi connectivity index (χ2v) is 19.6. The van der Waals surface area contributed by atoms with Crippen LogP contribution in [0.2, 0.25) is 0 Å². The lowest BCUT2D eigenvalue weighted by molar-refractivity contribution is 0.669. The van der Waals surface area contributed by atoms with E-state index in [4.69, 9.17) is 14.4 Å². The Kier molecular flexibility index (Phi) is 9.95. The Morgan fingerprint density at radius 1 is 0.347 bits per heavy atom. The second kappa shape index (κ2) is 17.4. The third-order valence-electron chi connectivity index (χ3n) is 15.2. The van der Waals surface area contributed by atoms with Gasteiger partial charge in [-0.15, -0.1) is 0 Å². The Morgan fingerprint density at radius 2 is 0.880 bits per heavy atom. The largest absolute Gasteiger partial charge is 0.456 e. The summed E-state index contributed by atoms with van der Waals surface area (Å²) in [7, 11) is 0. The summed E-state index contributed by atoms with van der Waals surface area (Å²) in [5.41, 5.74) is 18.3. The van der Waals surface area contributed by atoms with Gasteiger partial charge in [0.1, 0.15) is 11.2 Å². The van der Waals surface area contributed by atoms with Crippen LogP contribution in [0.15, 0.2) is 269 Å². The molecule has 352 valence electrons. The van der Waals surface area contributed by atoms with Crippen molar-refractivity contribution >= 4 is 93.6 Å². The molecule has 4 heterocycles. The van der Waals surface area contributed by atoms with Crippen molar-refractivity contribution in [1.82, 2.24) is 9.13 Å². The first kappa shape index (κ1) is 42.8. The number of nitrogens with zero attached hydrogens (tertiary/aromatic N) is 4. The highest BCUT2D eigenvalue weighted by Crippen LogP contribution is 2.43. The van der Waals surface area contributed by atoms with Crippen molar-refractivity contribution in [1.29, 1.82) is 0 Å². The fraction of sp³-hybridized carbons (Fsp3) is 0.0286. The molecule has 3 aromatic heterocycles. The van der Waals surface area contributed by atoms with E-state index >= 15 is 0 Å². The molecule has 0 N–H and O–H groups in total. The first-order valence-electron chi connectivity index (χ1n) is 25.8. The molecule has 15 rings (SSSR count). The zero-order valence-corrected chi connectivity index (χ0v) is 40.9. The highest BCUT2D eigenvalue weighted by Gasteiger charge is 2.21. The van der Waals surface area contributed by atoms with Gasteiger partial charge in [0.05, 0.1) is 33.5 Å². The van der Waals surface area contributed by atoms with Gasteiger partial charge < -0.3 is 13.6 Å². The lowest BCUT2D eigenvalue weighted by atomic mass is 9.97. The maximum Gasteiger partial charge on any atom is 0.160 e. The van der Waals surface area contributed by atoms with Crippen LogP contribution in [0, 0.1) is 0 Å². The molecule has 14 aromatic rings. The van der Waals surface area contributed by atoms with Gasteiger partial charge in [0.25, 0.3) is 0 Å². The number of amidine groups is 1. The van der Waals surface area contributed by atoms with E-state index in [2.05, 4.69) is 240 Å². The number of para-hydroxylation sites is 2. The van der Waals surface area contributed by atoms with Gasteiger partial charge in [-0.2, -0.15) is 0 Å². The predicted octanol–water partition coefficient (Wildman–Crippen LogP) is 18.3. The predicted molar refractivity (Wildman–Crippen MR) is 314 cm³/mol. The molecule has 0 atom stereocenters. The van der Waals surface area contributed by atoms with Crippen molar-refractivity contribution < 1.29 is 4.42 Å². The van der Waals surface area contributed by atoms with E-state index in [-0.39, 0.29) is 0 Å². The SMILES string of the molecule is C1=C(c2cccc3oc4ccc(-c5ccc6c(c5)c5cc(-c7ccc8c(c7)c7c9ccccc9ccc7n8-c7ccccc7)ccc5n6-c5ccccc5)cc4c23)N=C(c2ccccc2)N=C(c2ccccc2)CC1. The number of allylic oxidation sites excluding steroid dienone is 1. The molecule has 11 aromatic carbocycles. The van der Waals surface area contributed by atoms with Crippen molar-refractivity contribution in [3.8, 4) is 33.6 Å². The average Bonchev–Trinajstić information content (AvgIpc) is 4.13. The minimum Gasteiger partial charge on any atom is -0.456 e. The van der Waals surface area contributed by atoms with Crippen LogP contribution in [0.25, 0.3) is 116 Å². The number of benzene rings is 11. The summed E-state index contributed by atoms with van der Waals surface area (Å²) in [5, 5.41) is 9.50. The molecule has 0 unspecified atom stereocenters. The molecular formula is C70H46N4O. The molecule has 5 heteroatoms. The third-order valence-corrected chi connectivity index (χ3v) is 15.2. The molecular weight excluding hydrogens is 913 g/mol. The van der Waals surface area contributed by atoms with E-state index in [9.17, 15) is 0 Å². The molecule has 1 aliphatic heterocycles. The summed E-state index contributed by atoms with van der Waals surface area (Å²) in [4.78, 5) is 10.7. The summed E-state index contributed by atoms with van der Waals surface area (Å²) in [5.74, 6) is 0.696. The number of hydrogen-bond donors (Lipinski definition) is 0.